The molecule has 502 valence electrons. The fourth-order valence-corrected chi connectivity index (χ4v) is 13.4. The summed E-state index contributed by atoms with van der Waals surface area (Å²) in [5, 5.41) is 13.2. The lowest BCUT2D eigenvalue weighted by molar-refractivity contribution is -0.130. The molecule has 6 aromatic carbocycles. The topological polar surface area (TPSA) is 222 Å². The fraction of sp³-hybridized carbons (Fsp3) is 0.303. The van der Waals surface area contributed by atoms with Crippen LogP contribution in [0.25, 0.3) is 21.1 Å². The molecule has 4 atom stereocenters. The highest BCUT2D eigenvalue weighted by Gasteiger charge is 2.41. The Morgan fingerprint density at radius 1 is 0.567 bits per heavy atom. The van der Waals surface area contributed by atoms with Crippen LogP contribution < -0.4 is 14.8 Å². The molecule has 4 aromatic heterocycles. The van der Waals surface area contributed by atoms with Crippen molar-refractivity contribution in [2.24, 2.45) is 0 Å². The van der Waals surface area contributed by atoms with E-state index in [9.17, 15) is 24.0 Å². The summed E-state index contributed by atoms with van der Waals surface area (Å²) in [6.45, 7) is 18.8. The molecule has 0 radical (unpaired) electrons. The van der Waals surface area contributed by atoms with Crippen LogP contribution in [-0.4, -0.2) is 117 Å². The van der Waals surface area contributed by atoms with E-state index in [1.54, 1.807) is 46.9 Å². The van der Waals surface area contributed by atoms with E-state index < -0.39 is 24.0 Å². The summed E-state index contributed by atoms with van der Waals surface area (Å²) < 4.78 is 33.1. The molecule has 2 saturated heterocycles. The van der Waals surface area contributed by atoms with Crippen molar-refractivity contribution in [2.45, 2.75) is 111 Å². The number of benzene rings is 6. The number of carbonyl (C=O) groups is 5. The average Bonchev–Trinajstić information content (AvgIpc) is 1.84. The van der Waals surface area contributed by atoms with Gasteiger partial charge >= 0.3 is 12.2 Å². The number of nitrogens with zero attached hydrogens (tertiary/aromatic N) is 7. The van der Waals surface area contributed by atoms with Gasteiger partial charge in [0.05, 0.1) is 44.6 Å². The van der Waals surface area contributed by atoms with Gasteiger partial charge in [-0.1, -0.05) is 171 Å². The molecule has 0 saturated carbocycles. The number of ether oxygens (including phenoxy) is 4. The third-order valence-corrected chi connectivity index (χ3v) is 19.2. The maximum absolute atomic E-state index is 13.6. The summed E-state index contributed by atoms with van der Waals surface area (Å²) in [6.07, 6.45) is 3.63. The molecule has 97 heavy (non-hydrogen) atoms. The lowest BCUT2D eigenvalue weighted by Gasteiger charge is -2.22. The zero-order valence-electron chi connectivity index (χ0n) is 55.3. The maximum Gasteiger partial charge on any atom is 0.416 e. The molecule has 2 aliphatic rings. The number of aldehydes is 1. The Bertz CT molecular complexity index is 4110. The van der Waals surface area contributed by atoms with E-state index in [1.165, 1.54) is 27.9 Å². The summed E-state index contributed by atoms with van der Waals surface area (Å²) in [5.41, 5.74) is 10.8. The molecule has 0 spiro atoms. The Labute approximate surface area is 573 Å². The van der Waals surface area contributed by atoms with Crippen LogP contribution in [0.5, 0.6) is 11.5 Å². The number of amides is 4. The number of nitrogens with one attached hydrogen (secondary N) is 1. The first kappa shape index (κ1) is 69.9. The van der Waals surface area contributed by atoms with Crippen LogP contribution in [-0.2, 0) is 51.7 Å². The molecular weight excluding hydrogens is 1270 g/mol. The zero-order chi connectivity index (χ0) is 68.0. The summed E-state index contributed by atoms with van der Waals surface area (Å²) in [4.78, 5) is 79.8. The molecule has 21 heteroatoms. The van der Waals surface area contributed by atoms with Crippen LogP contribution in [0.15, 0.2) is 191 Å². The number of imide groups is 2. The molecule has 0 aliphatic carbocycles. The van der Waals surface area contributed by atoms with Crippen molar-refractivity contribution < 1.29 is 52.0 Å². The quantitative estimate of drug-likeness (QED) is 0.0473. The third-order valence-electron chi connectivity index (χ3n) is 16.9. The summed E-state index contributed by atoms with van der Waals surface area (Å²) in [7, 11) is 0. The average molecular weight is 1350 g/mol. The minimum atomic E-state index is -0.627. The third kappa shape index (κ3) is 18.8. The predicted octanol–water partition coefficient (Wildman–Crippen LogP) is 14.9. The van der Waals surface area contributed by atoms with Gasteiger partial charge in [-0.2, -0.15) is 0 Å². The second-order valence-corrected chi connectivity index (χ2v) is 25.5. The molecule has 4 amide bonds. The Balaban J connectivity index is 0.000000198. The monoisotopic (exact) mass is 1340 g/mol. The van der Waals surface area contributed by atoms with Gasteiger partial charge in [0.25, 0.3) is 0 Å². The van der Waals surface area contributed by atoms with E-state index in [0.29, 0.717) is 54.5 Å². The van der Waals surface area contributed by atoms with Gasteiger partial charge in [-0.3, -0.25) is 19.3 Å². The SMILES string of the molecule is CCN(CC)Cc1ccc(-c2nc(C)c(COc3ccc([C@H](CC(=O)N4C(=O)OC[C@@H]4Cc4ccccc4)c4ccon4)cc3)s2)cc1.CCNCC.Cc1nc(-c2ccc(C=O)cc2)sc1COc1ccc([C@H](CC(=O)N2C(=O)OC[C@@H]2Cc2ccccc2)c2ccon2)cc1. The van der Waals surface area contributed by atoms with E-state index in [2.05, 4.69) is 77.5 Å². The van der Waals surface area contributed by atoms with Crippen LogP contribution in [0.2, 0.25) is 0 Å². The van der Waals surface area contributed by atoms with Gasteiger partial charge in [-0.25, -0.2) is 29.4 Å². The summed E-state index contributed by atoms with van der Waals surface area (Å²) in [6, 6.07) is 53.3. The number of aromatic nitrogens is 4. The summed E-state index contributed by atoms with van der Waals surface area (Å²) in [5.74, 6) is -0.139. The molecule has 2 aliphatic heterocycles. The largest absolute Gasteiger partial charge is 0.488 e. The smallest absolute Gasteiger partial charge is 0.416 e. The zero-order valence-corrected chi connectivity index (χ0v) is 57.0. The number of aryl methyl sites for hydroxylation is 2. The minimum Gasteiger partial charge on any atom is -0.488 e. The molecule has 10 aromatic rings. The number of thiazole rings is 2. The van der Waals surface area contributed by atoms with Crippen molar-refractivity contribution in [3.8, 4) is 32.6 Å². The van der Waals surface area contributed by atoms with Gasteiger partial charge in [0, 0.05) is 60.0 Å². The van der Waals surface area contributed by atoms with E-state index in [-0.39, 0.29) is 50.0 Å². The molecule has 1 N–H and O–H groups in total. The Hall–Kier alpha value is -9.93. The van der Waals surface area contributed by atoms with E-state index in [0.717, 1.165) is 104 Å². The first-order valence-electron chi connectivity index (χ1n) is 32.6. The first-order valence-corrected chi connectivity index (χ1v) is 34.3. The van der Waals surface area contributed by atoms with Crippen LogP contribution in [0.3, 0.4) is 0 Å². The van der Waals surface area contributed by atoms with Crippen LogP contribution >= 0.6 is 22.7 Å². The Morgan fingerprint density at radius 2 is 0.990 bits per heavy atom. The molecule has 2 fully saturated rings. The fourth-order valence-electron chi connectivity index (χ4n) is 11.4. The van der Waals surface area contributed by atoms with E-state index >= 15 is 0 Å². The standard InChI is InChI=1S/C38H40N4O5S.C34H29N3O6S.C4H11N/c1-4-41(5-2)23-28-11-13-30(14-12-28)37-39-26(3)35(48-37)25-45-32-17-15-29(16-18-32)33(34-19-20-47-40-34)22-36(43)42-31(24-46-38(42)44)21-27-9-7-6-8-10-27;1-22-31(44-33(35-22)26-9-7-24(19-38)8-10-26)21-41-28-13-11-25(12-14-28)29(30-15-16-43-36-30)18-32(39)37-27(20-42-34(37)40)17-23-5-3-2-4-6-23;1-3-5-4-2/h6-20,31,33H,4-5,21-25H2,1-3H3;2-16,19,27,29H,17-18,20-21H2,1H3;5H,3-4H2,1-2H3/t31-,33-;27-,29-;/m00./s1. The second-order valence-electron chi connectivity index (χ2n) is 23.4. The van der Waals surface area contributed by atoms with Gasteiger partial charge in [0.1, 0.15) is 66.8 Å². The van der Waals surface area contributed by atoms with Crippen LogP contribution in [0, 0.1) is 13.8 Å². The summed E-state index contributed by atoms with van der Waals surface area (Å²) >= 11 is 3.19. The van der Waals surface area contributed by atoms with Crippen molar-refractivity contribution in [3.05, 3.63) is 248 Å². The second kappa shape index (κ2) is 34.7. The number of carbonyl (C=O) groups excluding carboxylic acids is 5. The predicted molar refractivity (Wildman–Crippen MR) is 373 cm³/mol. The number of rotatable bonds is 27. The van der Waals surface area contributed by atoms with Gasteiger partial charge < -0.3 is 33.3 Å². The van der Waals surface area contributed by atoms with Crippen molar-refractivity contribution in [1.82, 2.24) is 40.3 Å². The maximum atomic E-state index is 13.6. The number of hydrogen-bond acceptors (Lipinski definition) is 19. The van der Waals surface area contributed by atoms with Crippen LogP contribution in [0.1, 0.15) is 123 Å². The Kier molecular flexibility index (Phi) is 25.0. The van der Waals surface area contributed by atoms with Gasteiger partial charge in [0.15, 0.2) is 0 Å². The van der Waals surface area contributed by atoms with Crippen LogP contribution in [0.4, 0.5) is 9.59 Å². The van der Waals surface area contributed by atoms with Crippen molar-refractivity contribution in [2.75, 3.05) is 39.4 Å². The molecule has 19 nitrogen and oxygen atoms in total. The van der Waals surface area contributed by atoms with E-state index in [1.807, 2.05) is 135 Å². The van der Waals surface area contributed by atoms with Gasteiger partial charge in [-0.15, -0.1) is 22.7 Å². The van der Waals surface area contributed by atoms with Crippen molar-refractivity contribution in [1.29, 1.82) is 0 Å². The first-order chi connectivity index (χ1) is 47.3. The highest BCUT2D eigenvalue weighted by Crippen LogP contribution is 2.36. The molecule has 0 unspecified atom stereocenters. The Morgan fingerprint density at radius 3 is 1.36 bits per heavy atom. The van der Waals surface area contributed by atoms with E-state index in [4.69, 9.17) is 33.0 Å². The number of hydrogen-bond donors (Lipinski definition) is 1. The van der Waals surface area contributed by atoms with Crippen molar-refractivity contribution >= 4 is 53.0 Å². The highest BCUT2D eigenvalue weighted by atomic mass is 32.1. The minimum absolute atomic E-state index is 0.0176. The lowest BCUT2D eigenvalue weighted by atomic mass is 9.91. The molecular formula is C76H80N8O11S2. The molecule has 12 rings (SSSR count). The normalized spacial score (nSPS) is 14.8. The van der Waals surface area contributed by atoms with Crippen molar-refractivity contribution in [3.63, 3.8) is 0 Å². The molecule has 6 heterocycles. The lowest BCUT2D eigenvalue weighted by Crippen LogP contribution is -2.40. The van der Waals surface area contributed by atoms with Gasteiger partial charge in [-0.05, 0) is 105 Å². The van der Waals surface area contributed by atoms with Gasteiger partial charge in [0.2, 0.25) is 11.8 Å². The highest BCUT2D eigenvalue weighted by molar-refractivity contribution is 7.15. The number of cyclic esters (lactones) is 2. The molecule has 0 bridgehead atoms.